The van der Waals surface area contributed by atoms with Gasteiger partial charge in [-0.3, -0.25) is 0 Å². The molecule has 0 amide bonds. The number of alkyl halides is 3. The molecule has 0 heterocycles. The minimum absolute atomic E-state index is 0.0334. The van der Waals surface area contributed by atoms with Crippen LogP contribution < -0.4 is 0 Å². The average molecular weight is 585 g/mol. The SMILES string of the molecule is C[C@H](C(C[C@@H](C)O)S(=O)(=O)c1ccccc1)[C@H]1CC[C@H]2[C@@H]3CC[C@H]4C[C@](O)(C(F)(F)F)CC[C@]4(C)[C@H]3CC[C@]12C. The van der Waals surface area contributed by atoms with E-state index in [0.29, 0.717) is 29.1 Å². The van der Waals surface area contributed by atoms with Crippen molar-refractivity contribution >= 4 is 9.84 Å². The zero-order chi connectivity index (χ0) is 29.3. The molecule has 5 rings (SSSR count). The predicted octanol–water partition coefficient (Wildman–Crippen LogP) is 7.19. The lowest BCUT2D eigenvalue weighted by atomic mass is 9.43. The maximum Gasteiger partial charge on any atom is 0.417 e. The van der Waals surface area contributed by atoms with Gasteiger partial charge < -0.3 is 10.2 Å². The van der Waals surface area contributed by atoms with Crippen LogP contribution in [-0.4, -0.2) is 41.8 Å². The van der Waals surface area contributed by atoms with Crippen molar-refractivity contribution in [1.29, 1.82) is 0 Å². The van der Waals surface area contributed by atoms with Crippen LogP contribution in [0.4, 0.5) is 13.2 Å². The first-order valence-corrected chi connectivity index (χ1v) is 16.9. The number of aliphatic hydroxyl groups is 2. The van der Waals surface area contributed by atoms with Crippen molar-refractivity contribution < 1.29 is 31.8 Å². The van der Waals surface area contributed by atoms with Crippen molar-refractivity contribution in [2.45, 2.75) is 120 Å². The molecule has 4 fully saturated rings. The van der Waals surface area contributed by atoms with Gasteiger partial charge in [-0.2, -0.15) is 13.2 Å². The minimum atomic E-state index is -4.59. The fourth-order valence-electron chi connectivity index (χ4n) is 10.4. The van der Waals surface area contributed by atoms with Gasteiger partial charge in [-0.1, -0.05) is 39.0 Å². The summed E-state index contributed by atoms with van der Waals surface area (Å²) in [5.41, 5.74) is -2.80. The number of rotatable bonds is 6. The molecule has 1 aromatic carbocycles. The summed E-state index contributed by atoms with van der Waals surface area (Å²) >= 11 is 0. The van der Waals surface area contributed by atoms with Crippen molar-refractivity contribution in [3.8, 4) is 0 Å². The van der Waals surface area contributed by atoms with Crippen molar-refractivity contribution in [1.82, 2.24) is 0 Å². The van der Waals surface area contributed by atoms with Crippen LogP contribution in [0.1, 0.15) is 91.9 Å². The zero-order valence-electron chi connectivity index (χ0n) is 24.3. The van der Waals surface area contributed by atoms with E-state index >= 15 is 0 Å². The van der Waals surface area contributed by atoms with Gasteiger partial charge in [-0.15, -0.1) is 0 Å². The fraction of sp³-hybridized carbons (Fsp3) is 0.812. The molecule has 0 spiro atoms. The molecule has 0 aromatic heterocycles. The Labute approximate surface area is 238 Å². The molecule has 4 aliphatic rings. The summed E-state index contributed by atoms with van der Waals surface area (Å²) in [4.78, 5) is 0.304. The summed E-state index contributed by atoms with van der Waals surface area (Å²) in [5.74, 6) is 1.14. The third-order valence-electron chi connectivity index (χ3n) is 12.6. The summed E-state index contributed by atoms with van der Waals surface area (Å²) in [6.07, 6.45) is 0.354. The number of hydrogen-bond donors (Lipinski definition) is 2. The Morgan fingerprint density at radius 2 is 1.57 bits per heavy atom. The Hall–Kier alpha value is -1.12. The predicted molar refractivity (Wildman–Crippen MR) is 149 cm³/mol. The van der Waals surface area contributed by atoms with E-state index in [1.807, 2.05) is 0 Å². The molecule has 0 saturated heterocycles. The number of benzene rings is 1. The summed E-state index contributed by atoms with van der Waals surface area (Å²) < 4.78 is 68.9. The average Bonchev–Trinajstić information content (AvgIpc) is 3.24. The van der Waals surface area contributed by atoms with Crippen LogP contribution in [0.2, 0.25) is 0 Å². The standard InChI is InChI=1S/C32H47F3O4S/c1-20(36)18-28(40(38,39)23-8-6-5-7-9-23)21(2)25-12-13-26-24-11-10-22-19-31(37,32(33,34)35)17-16-29(22,3)27(24)14-15-30(25,26)4/h5-9,20-22,24-28,36-37H,10-19H2,1-4H3/t20-,21+,22+,24+,25-,26+,27+,28?,29+,30-,31+/m1/s1. The van der Waals surface area contributed by atoms with E-state index in [1.54, 1.807) is 37.3 Å². The van der Waals surface area contributed by atoms with Crippen LogP contribution >= 0.6 is 0 Å². The second kappa shape index (κ2) is 10.3. The van der Waals surface area contributed by atoms with Crippen LogP contribution in [0, 0.1) is 46.3 Å². The molecule has 0 radical (unpaired) electrons. The molecular weight excluding hydrogens is 537 g/mol. The van der Waals surface area contributed by atoms with Gasteiger partial charge in [0.25, 0.3) is 0 Å². The lowest BCUT2D eigenvalue weighted by molar-refractivity contribution is -0.290. The Morgan fingerprint density at radius 3 is 2.20 bits per heavy atom. The van der Waals surface area contributed by atoms with Crippen LogP contribution in [0.5, 0.6) is 0 Å². The number of hydrogen-bond acceptors (Lipinski definition) is 4. The van der Waals surface area contributed by atoms with E-state index in [1.165, 1.54) is 0 Å². The Balaban J connectivity index is 1.39. The first-order valence-electron chi connectivity index (χ1n) is 15.3. The van der Waals surface area contributed by atoms with Crippen LogP contribution in [0.3, 0.4) is 0 Å². The number of fused-ring (bicyclic) bond motifs is 5. The summed E-state index contributed by atoms with van der Waals surface area (Å²) in [5, 5.41) is 20.2. The Kier molecular flexibility index (Phi) is 7.78. The van der Waals surface area contributed by atoms with Gasteiger partial charge in [0.15, 0.2) is 15.4 Å². The van der Waals surface area contributed by atoms with E-state index in [-0.39, 0.29) is 47.8 Å². The Bertz CT molecular complexity index is 1170. The number of halogens is 3. The quantitative estimate of drug-likeness (QED) is 0.371. The molecule has 4 nitrogen and oxygen atoms in total. The Morgan fingerprint density at radius 1 is 0.925 bits per heavy atom. The summed E-state index contributed by atoms with van der Waals surface area (Å²) in [6.45, 7) is 8.25. The van der Waals surface area contributed by atoms with E-state index in [4.69, 9.17) is 0 Å². The maximum atomic E-state index is 13.9. The zero-order valence-corrected chi connectivity index (χ0v) is 25.1. The number of aliphatic hydroxyl groups excluding tert-OH is 1. The van der Waals surface area contributed by atoms with E-state index < -0.39 is 33.0 Å². The monoisotopic (exact) mass is 584 g/mol. The van der Waals surface area contributed by atoms with Crippen LogP contribution in [0.25, 0.3) is 0 Å². The fourth-order valence-corrected chi connectivity index (χ4v) is 12.6. The molecule has 0 bridgehead atoms. The van der Waals surface area contributed by atoms with Gasteiger partial charge >= 0.3 is 6.18 Å². The van der Waals surface area contributed by atoms with Gasteiger partial charge in [-0.05, 0) is 130 Å². The highest BCUT2D eigenvalue weighted by Crippen LogP contribution is 2.69. The van der Waals surface area contributed by atoms with E-state index in [2.05, 4.69) is 20.8 Å². The van der Waals surface area contributed by atoms with Crippen molar-refractivity contribution in [2.75, 3.05) is 0 Å². The maximum absolute atomic E-state index is 13.9. The summed E-state index contributed by atoms with van der Waals surface area (Å²) in [7, 11) is -3.65. The van der Waals surface area contributed by atoms with Crippen molar-refractivity contribution in [3.63, 3.8) is 0 Å². The van der Waals surface area contributed by atoms with Gasteiger partial charge in [0.05, 0.1) is 16.2 Å². The van der Waals surface area contributed by atoms with Gasteiger partial charge in [0, 0.05) is 0 Å². The molecule has 1 unspecified atom stereocenters. The third kappa shape index (κ3) is 4.76. The molecule has 2 N–H and O–H groups in total. The lowest BCUT2D eigenvalue weighted by Crippen LogP contribution is -2.59. The van der Waals surface area contributed by atoms with Crippen molar-refractivity contribution in [2.24, 2.45) is 46.3 Å². The van der Waals surface area contributed by atoms with Gasteiger partial charge in [0.2, 0.25) is 0 Å². The van der Waals surface area contributed by atoms with Crippen LogP contribution in [-0.2, 0) is 9.84 Å². The molecule has 1 aromatic rings. The molecule has 226 valence electrons. The highest BCUT2D eigenvalue weighted by atomic mass is 32.2. The van der Waals surface area contributed by atoms with Gasteiger partial charge in [0.1, 0.15) is 0 Å². The topological polar surface area (TPSA) is 74.6 Å². The van der Waals surface area contributed by atoms with Crippen molar-refractivity contribution in [3.05, 3.63) is 30.3 Å². The van der Waals surface area contributed by atoms with E-state index in [0.717, 1.165) is 38.5 Å². The smallest absolute Gasteiger partial charge is 0.393 e. The molecular formula is C32H47F3O4S. The second-order valence-electron chi connectivity index (χ2n) is 14.5. The highest BCUT2D eigenvalue weighted by Gasteiger charge is 2.65. The minimum Gasteiger partial charge on any atom is -0.393 e. The first kappa shape index (κ1) is 30.3. The summed E-state index contributed by atoms with van der Waals surface area (Å²) in [6, 6.07) is 8.57. The number of sulfone groups is 1. The second-order valence-corrected chi connectivity index (χ2v) is 16.6. The largest absolute Gasteiger partial charge is 0.417 e. The molecule has 4 saturated carbocycles. The third-order valence-corrected chi connectivity index (χ3v) is 14.9. The molecule has 8 heteroatoms. The van der Waals surface area contributed by atoms with Gasteiger partial charge in [-0.25, -0.2) is 8.42 Å². The molecule has 4 aliphatic carbocycles. The highest BCUT2D eigenvalue weighted by molar-refractivity contribution is 7.92. The molecule has 0 aliphatic heterocycles. The van der Waals surface area contributed by atoms with Crippen LogP contribution in [0.15, 0.2) is 35.2 Å². The molecule has 11 atom stereocenters. The normalized spacial score (nSPS) is 42.3. The molecule has 40 heavy (non-hydrogen) atoms. The van der Waals surface area contributed by atoms with E-state index in [9.17, 15) is 31.8 Å². The first-order chi connectivity index (χ1) is 18.5. The lowest BCUT2D eigenvalue weighted by Gasteiger charge is -2.62.